The lowest BCUT2D eigenvalue weighted by atomic mass is 10.1. The highest BCUT2D eigenvalue weighted by Gasteiger charge is 2.34. The van der Waals surface area contributed by atoms with Crippen LogP contribution in [0.3, 0.4) is 0 Å². The standard InChI is InChI=1S/C12H21N3O/c16-12(14-5-1-2-6-14)15-9-8-13-7-3-4-11(13)10-15/h11H,1-10H2. The first-order valence-corrected chi connectivity index (χ1v) is 6.62. The van der Waals surface area contributed by atoms with Crippen LogP contribution in [-0.2, 0) is 0 Å². The second-order valence-electron chi connectivity index (χ2n) is 5.25. The van der Waals surface area contributed by atoms with Crippen molar-refractivity contribution in [3.63, 3.8) is 0 Å². The van der Waals surface area contributed by atoms with Gasteiger partial charge in [0.25, 0.3) is 0 Å². The second kappa shape index (κ2) is 4.24. The molecular formula is C12H21N3O. The van der Waals surface area contributed by atoms with Gasteiger partial charge >= 0.3 is 6.03 Å². The molecule has 3 fully saturated rings. The van der Waals surface area contributed by atoms with Crippen LogP contribution in [-0.4, -0.2) is 66.0 Å². The Kier molecular flexibility index (Phi) is 2.75. The minimum Gasteiger partial charge on any atom is -0.325 e. The molecule has 0 bridgehead atoms. The van der Waals surface area contributed by atoms with Gasteiger partial charge in [0, 0.05) is 38.8 Å². The van der Waals surface area contributed by atoms with Gasteiger partial charge in [-0.05, 0) is 32.2 Å². The van der Waals surface area contributed by atoms with Crippen molar-refractivity contribution in [3.8, 4) is 0 Å². The molecule has 0 aromatic carbocycles. The molecule has 0 aliphatic carbocycles. The molecule has 0 aromatic heterocycles. The van der Waals surface area contributed by atoms with Gasteiger partial charge in [-0.3, -0.25) is 4.90 Å². The van der Waals surface area contributed by atoms with Gasteiger partial charge in [-0.1, -0.05) is 0 Å². The number of carbonyl (C=O) groups excluding carboxylic acids is 1. The molecule has 4 nitrogen and oxygen atoms in total. The molecule has 3 aliphatic heterocycles. The summed E-state index contributed by atoms with van der Waals surface area (Å²) in [5, 5.41) is 0. The lowest BCUT2D eigenvalue weighted by Crippen LogP contribution is -2.54. The predicted molar refractivity (Wildman–Crippen MR) is 62.4 cm³/mol. The van der Waals surface area contributed by atoms with E-state index in [0.29, 0.717) is 12.1 Å². The van der Waals surface area contributed by atoms with Crippen LogP contribution in [0.4, 0.5) is 4.79 Å². The van der Waals surface area contributed by atoms with Gasteiger partial charge in [0.1, 0.15) is 0 Å². The van der Waals surface area contributed by atoms with Gasteiger partial charge in [0.2, 0.25) is 0 Å². The summed E-state index contributed by atoms with van der Waals surface area (Å²) in [7, 11) is 0. The molecule has 2 amide bonds. The topological polar surface area (TPSA) is 26.8 Å². The lowest BCUT2D eigenvalue weighted by Gasteiger charge is -2.39. The zero-order valence-electron chi connectivity index (χ0n) is 9.90. The fourth-order valence-corrected chi connectivity index (χ4v) is 3.27. The van der Waals surface area contributed by atoms with Crippen molar-refractivity contribution >= 4 is 6.03 Å². The molecule has 3 rings (SSSR count). The van der Waals surface area contributed by atoms with Crippen LogP contribution < -0.4 is 0 Å². The summed E-state index contributed by atoms with van der Waals surface area (Å²) in [5.41, 5.74) is 0. The third kappa shape index (κ3) is 1.79. The summed E-state index contributed by atoms with van der Waals surface area (Å²) >= 11 is 0. The molecule has 3 heterocycles. The van der Waals surface area contributed by atoms with Crippen LogP contribution in [0.5, 0.6) is 0 Å². The summed E-state index contributed by atoms with van der Waals surface area (Å²) in [6.07, 6.45) is 4.98. The van der Waals surface area contributed by atoms with Gasteiger partial charge in [-0.15, -0.1) is 0 Å². The molecule has 0 N–H and O–H groups in total. The minimum absolute atomic E-state index is 0.295. The summed E-state index contributed by atoms with van der Waals surface area (Å²) in [5.74, 6) is 0. The molecule has 1 unspecified atom stereocenters. The molecule has 0 aromatic rings. The molecule has 0 spiro atoms. The van der Waals surface area contributed by atoms with Gasteiger partial charge in [0.15, 0.2) is 0 Å². The highest BCUT2D eigenvalue weighted by atomic mass is 16.2. The Morgan fingerprint density at radius 3 is 2.50 bits per heavy atom. The van der Waals surface area contributed by atoms with Crippen LogP contribution in [0.1, 0.15) is 25.7 Å². The van der Waals surface area contributed by atoms with Crippen LogP contribution in [0, 0.1) is 0 Å². The van der Waals surface area contributed by atoms with Crippen molar-refractivity contribution < 1.29 is 4.79 Å². The SMILES string of the molecule is O=C(N1CCCC1)N1CCN2CCCC2C1. The number of likely N-dealkylation sites (tertiary alicyclic amines) is 1. The Balaban J connectivity index is 1.60. The van der Waals surface area contributed by atoms with E-state index < -0.39 is 0 Å². The van der Waals surface area contributed by atoms with E-state index in [4.69, 9.17) is 0 Å². The first-order valence-electron chi connectivity index (χ1n) is 6.62. The highest BCUT2D eigenvalue weighted by molar-refractivity contribution is 5.74. The lowest BCUT2D eigenvalue weighted by molar-refractivity contribution is 0.0999. The number of fused-ring (bicyclic) bond motifs is 1. The number of hydrogen-bond donors (Lipinski definition) is 0. The van der Waals surface area contributed by atoms with E-state index in [-0.39, 0.29) is 0 Å². The molecule has 4 heteroatoms. The number of piperazine rings is 1. The predicted octanol–water partition coefficient (Wildman–Crippen LogP) is 0.982. The zero-order chi connectivity index (χ0) is 11.0. The maximum absolute atomic E-state index is 12.2. The van der Waals surface area contributed by atoms with Crippen molar-refractivity contribution in [3.05, 3.63) is 0 Å². The molecule has 1 atom stereocenters. The van der Waals surface area contributed by atoms with Gasteiger partial charge in [-0.25, -0.2) is 4.79 Å². The molecule has 3 saturated heterocycles. The van der Waals surface area contributed by atoms with Gasteiger partial charge < -0.3 is 9.80 Å². The van der Waals surface area contributed by atoms with Crippen molar-refractivity contribution in [1.82, 2.24) is 14.7 Å². The number of urea groups is 1. The average Bonchev–Trinajstić information content (AvgIpc) is 2.98. The van der Waals surface area contributed by atoms with Crippen LogP contribution in [0.2, 0.25) is 0 Å². The average molecular weight is 223 g/mol. The Morgan fingerprint density at radius 2 is 1.69 bits per heavy atom. The monoisotopic (exact) mass is 223 g/mol. The van der Waals surface area contributed by atoms with E-state index in [1.54, 1.807) is 0 Å². The van der Waals surface area contributed by atoms with Crippen molar-refractivity contribution in [2.24, 2.45) is 0 Å². The van der Waals surface area contributed by atoms with Crippen molar-refractivity contribution in [1.29, 1.82) is 0 Å². The molecule has 90 valence electrons. The molecular weight excluding hydrogens is 202 g/mol. The number of hydrogen-bond acceptors (Lipinski definition) is 2. The number of nitrogens with zero attached hydrogens (tertiary/aromatic N) is 3. The van der Waals surface area contributed by atoms with Crippen molar-refractivity contribution in [2.75, 3.05) is 39.3 Å². The van der Waals surface area contributed by atoms with E-state index in [2.05, 4.69) is 9.80 Å². The molecule has 0 saturated carbocycles. The Morgan fingerprint density at radius 1 is 0.875 bits per heavy atom. The summed E-state index contributed by atoms with van der Waals surface area (Å²) in [6.45, 7) is 6.19. The first-order chi connectivity index (χ1) is 7.84. The maximum atomic E-state index is 12.2. The van der Waals surface area contributed by atoms with E-state index >= 15 is 0 Å². The largest absolute Gasteiger partial charge is 0.325 e. The number of amides is 2. The first kappa shape index (κ1) is 10.4. The maximum Gasteiger partial charge on any atom is 0.320 e. The minimum atomic E-state index is 0.295. The Labute approximate surface area is 97.2 Å². The van der Waals surface area contributed by atoms with E-state index in [1.807, 2.05) is 4.90 Å². The van der Waals surface area contributed by atoms with E-state index in [1.165, 1.54) is 32.2 Å². The second-order valence-corrected chi connectivity index (χ2v) is 5.25. The number of carbonyl (C=O) groups is 1. The van der Waals surface area contributed by atoms with Crippen LogP contribution >= 0.6 is 0 Å². The highest BCUT2D eigenvalue weighted by Crippen LogP contribution is 2.22. The quantitative estimate of drug-likeness (QED) is 0.612. The third-order valence-corrected chi connectivity index (χ3v) is 4.23. The summed E-state index contributed by atoms with van der Waals surface area (Å²) < 4.78 is 0. The van der Waals surface area contributed by atoms with Gasteiger partial charge in [-0.2, -0.15) is 0 Å². The van der Waals surface area contributed by atoms with E-state index in [0.717, 1.165) is 32.7 Å². The summed E-state index contributed by atoms with van der Waals surface area (Å²) in [6, 6.07) is 0.948. The third-order valence-electron chi connectivity index (χ3n) is 4.23. The van der Waals surface area contributed by atoms with Gasteiger partial charge in [0.05, 0.1) is 0 Å². The Bertz CT molecular complexity index is 275. The fourth-order valence-electron chi connectivity index (χ4n) is 3.27. The smallest absolute Gasteiger partial charge is 0.320 e. The molecule has 16 heavy (non-hydrogen) atoms. The fraction of sp³-hybridized carbons (Fsp3) is 0.917. The van der Waals surface area contributed by atoms with Crippen LogP contribution in [0.15, 0.2) is 0 Å². The van der Waals surface area contributed by atoms with Crippen molar-refractivity contribution in [2.45, 2.75) is 31.7 Å². The zero-order valence-corrected chi connectivity index (χ0v) is 9.90. The number of rotatable bonds is 0. The van der Waals surface area contributed by atoms with E-state index in [9.17, 15) is 4.79 Å². The molecule has 0 radical (unpaired) electrons. The normalized spacial score (nSPS) is 30.9. The molecule has 3 aliphatic rings. The summed E-state index contributed by atoms with van der Waals surface area (Å²) in [4.78, 5) is 18.9. The van der Waals surface area contributed by atoms with Crippen LogP contribution in [0.25, 0.3) is 0 Å². The Hall–Kier alpha value is -0.770.